The molecule has 0 nitrogen and oxygen atoms in total. The number of hydrogen-bond donors (Lipinski definition) is 0. The minimum absolute atomic E-state index is 0. The number of fused-ring (bicyclic) bond motifs is 3. The lowest BCUT2D eigenvalue weighted by molar-refractivity contribution is 1.77. The third-order valence-corrected chi connectivity index (χ3v) is 3.57. The van der Waals surface area contributed by atoms with Crippen LogP contribution >= 0.6 is 0 Å². The van der Waals surface area contributed by atoms with Gasteiger partial charge in [0.05, 0.1) is 0 Å². The van der Waals surface area contributed by atoms with Gasteiger partial charge in [0.25, 0.3) is 0 Å². The smallest absolute Gasteiger partial charge is 0.0149 e. The summed E-state index contributed by atoms with van der Waals surface area (Å²) in [6, 6.07) is 26.2. The van der Waals surface area contributed by atoms with Crippen LogP contribution in [0.1, 0.15) is 0 Å². The Morgan fingerprint density at radius 1 is 0.368 bits per heavy atom. The van der Waals surface area contributed by atoms with Gasteiger partial charge in [-0.05, 0) is 67.5 Å². The van der Waals surface area contributed by atoms with Gasteiger partial charge in [-0.15, -0.1) is 0 Å². The van der Waals surface area contributed by atoms with Crippen LogP contribution < -0.4 is 0 Å². The van der Waals surface area contributed by atoms with E-state index in [-0.39, 0.29) is 11.0 Å². The molecule has 19 heavy (non-hydrogen) atoms. The van der Waals surface area contributed by atoms with Crippen molar-refractivity contribution in [3.8, 4) is 0 Å². The third kappa shape index (κ3) is 1.92. The molecule has 4 rings (SSSR count). The lowest BCUT2D eigenvalue weighted by atomic mass is 10.00. The Hall–Kier alpha value is -2.12. The molecule has 92 valence electrons. The minimum atomic E-state index is 0. The third-order valence-electron chi connectivity index (χ3n) is 3.57. The highest BCUT2D eigenvalue weighted by Gasteiger charge is 2.00. The predicted octanol–water partition coefficient (Wildman–Crippen LogP) is 3.69. The van der Waals surface area contributed by atoms with Gasteiger partial charge >= 0.3 is 0 Å². The minimum Gasteiger partial charge on any atom is -0.0616 e. The molecule has 0 aliphatic rings. The summed E-state index contributed by atoms with van der Waals surface area (Å²) in [5, 5.41) is 7.85. The van der Waals surface area contributed by atoms with Crippen LogP contribution in [0.3, 0.4) is 0 Å². The molecule has 0 heterocycles. The van der Waals surface area contributed by atoms with Crippen molar-refractivity contribution in [2.45, 2.75) is 0 Å². The molecular weight excluding hydrogens is 244 g/mol. The average Bonchev–Trinajstić information content (AvgIpc) is 2.42. The van der Waals surface area contributed by atoms with E-state index in [4.69, 9.17) is 0 Å². The van der Waals surface area contributed by atoms with Crippen LogP contribution in [0.25, 0.3) is 32.3 Å². The molecule has 0 bridgehead atoms. The highest BCUT2D eigenvalue weighted by Crippen LogP contribution is 2.27. The molecule has 1 heteroatoms. The van der Waals surface area contributed by atoms with Crippen molar-refractivity contribution in [2.75, 3.05) is 0 Å². The van der Waals surface area contributed by atoms with Crippen LogP contribution in [0.2, 0.25) is 0 Å². The van der Waals surface area contributed by atoms with E-state index in [2.05, 4.69) is 72.8 Å². The molecule has 0 radical (unpaired) electrons. The van der Waals surface area contributed by atoms with Gasteiger partial charge in [0, 0.05) is 0 Å². The van der Waals surface area contributed by atoms with Crippen LogP contribution in [0.15, 0.2) is 72.8 Å². The van der Waals surface area contributed by atoms with E-state index in [0.29, 0.717) is 0 Å². The van der Waals surface area contributed by atoms with Crippen molar-refractivity contribution in [1.29, 1.82) is 0 Å². The molecule has 0 atom stereocenters. The standard InChI is InChI=1S/C18H12.H4Si/c1-2-6-14-10-18-12-16-8-4-3-7-15(16)11-17(18)9-13(14)5-1;/h1-12H;1H4. The van der Waals surface area contributed by atoms with Crippen LogP contribution in [0, 0.1) is 0 Å². The van der Waals surface area contributed by atoms with Gasteiger partial charge < -0.3 is 0 Å². The van der Waals surface area contributed by atoms with Crippen LogP contribution in [-0.2, 0) is 0 Å². The van der Waals surface area contributed by atoms with Gasteiger partial charge in [-0.3, -0.25) is 0 Å². The Morgan fingerprint density at radius 2 is 0.632 bits per heavy atom. The summed E-state index contributed by atoms with van der Waals surface area (Å²) in [6.45, 7) is 0. The van der Waals surface area contributed by atoms with Crippen molar-refractivity contribution in [3.05, 3.63) is 72.8 Å². The Labute approximate surface area is 116 Å². The fourth-order valence-corrected chi connectivity index (χ4v) is 2.63. The molecule has 0 aliphatic heterocycles. The summed E-state index contributed by atoms with van der Waals surface area (Å²) in [4.78, 5) is 0. The molecule has 0 unspecified atom stereocenters. The summed E-state index contributed by atoms with van der Waals surface area (Å²) in [5.41, 5.74) is 0. The fourth-order valence-electron chi connectivity index (χ4n) is 2.63. The zero-order chi connectivity index (χ0) is 11.9. The molecule has 0 aliphatic carbocycles. The van der Waals surface area contributed by atoms with Crippen LogP contribution in [-0.4, -0.2) is 11.0 Å². The maximum absolute atomic E-state index is 2.27. The highest BCUT2D eigenvalue weighted by molar-refractivity contribution is 6.04. The van der Waals surface area contributed by atoms with Crippen molar-refractivity contribution in [2.24, 2.45) is 0 Å². The topological polar surface area (TPSA) is 0 Å². The zero-order valence-electron chi connectivity index (χ0n) is 9.93. The molecule has 0 saturated heterocycles. The first-order chi connectivity index (χ1) is 8.90. The zero-order valence-corrected chi connectivity index (χ0v) is 9.93. The number of rotatable bonds is 0. The van der Waals surface area contributed by atoms with Crippen molar-refractivity contribution in [1.82, 2.24) is 0 Å². The Balaban J connectivity index is 0.00000110. The molecular formula is C18H16Si. The summed E-state index contributed by atoms with van der Waals surface area (Å²) < 4.78 is 0. The van der Waals surface area contributed by atoms with Crippen LogP contribution in [0.4, 0.5) is 0 Å². The summed E-state index contributed by atoms with van der Waals surface area (Å²) in [5.74, 6) is 0. The van der Waals surface area contributed by atoms with Crippen molar-refractivity contribution >= 4 is 43.3 Å². The van der Waals surface area contributed by atoms with Crippen LogP contribution in [0.5, 0.6) is 0 Å². The largest absolute Gasteiger partial charge is 0.0616 e. The van der Waals surface area contributed by atoms with Gasteiger partial charge in [0.15, 0.2) is 0 Å². The number of hydrogen-bond acceptors (Lipinski definition) is 0. The van der Waals surface area contributed by atoms with E-state index >= 15 is 0 Å². The summed E-state index contributed by atoms with van der Waals surface area (Å²) >= 11 is 0. The first-order valence-electron chi connectivity index (χ1n) is 6.21. The second-order valence-corrected chi connectivity index (χ2v) is 4.75. The van der Waals surface area contributed by atoms with Gasteiger partial charge in [-0.1, -0.05) is 48.5 Å². The number of benzene rings is 4. The second-order valence-electron chi connectivity index (χ2n) is 4.75. The van der Waals surface area contributed by atoms with Gasteiger partial charge in [-0.25, -0.2) is 0 Å². The molecule has 4 aromatic rings. The summed E-state index contributed by atoms with van der Waals surface area (Å²) in [6.07, 6.45) is 0. The van der Waals surface area contributed by atoms with Gasteiger partial charge in [0.2, 0.25) is 0 Å². The molecule has 0 spiro atoms. The molecule has 0 N–H and O–H groups in total. The molecule has 0 aromatic heterocycles. The second kappa shape index (κ2) is 4.52. The van der Waals surface area contributed by atoms with Crippen molar-refractivity contribution in [3.63, 3.8) is 0 Å². The monoisotopic (exact) mass is 260 g/mol. The molecule has 0 fully saturated rings. The van der Waals surface area contributed by atoms with E-state index in [1.807, 2.05) is 0 Å². The van der Waals surface area contributed by atoms with E-state index in [9.17, 15) is 0 Å². The Morgan fingerprint density at radius 3 is 0.895 bits per heavy atom. The molecule has 0 amide bonds. The SMILES string of the molecule is [SiH4].c1ccc2cc3cc4ccccc4cc3cc2c1. The van der Waals surface area contributed by atoms with E-state index in [1.165, 1.54) is 32.3 Å². The van der Waals surface area contributed by atoms with E-state index < -0.39 is 0 Å². The maximum Gasteiger partial charge on any atom is -0.0149 e. The summed E-state index contributed by atoms with van der Waals surface area (Å²) in [7, 11) is 0. The van der Waals surface area contributed by atoms with E-state index in [1.54, 1.807) is 0 Å². The fraction of sp³-hybridized carbons (Fsp3) is 0. The normalized spacial score (nSPS) is 10.7. The predicted molar refractivity (Wildman–Crippen MR) is 90.3 cm³/mol. The average molecular weight is 260 g/mol. The van der Waals surface area contributed by atoms with Gasteiger partial charge in [-0.2, -0.15) is 0 Å². The lowest BCUT2D eigenvalue weighted by Crippen LogP contribution is -1.78. The Kier molecular flexibility index (Phi) is 2.84. The first-order valence-corrected chi connectivity index (χ1v) is 6.21. The van der Waals surface area contributed by atoms with Crippen molar-refractivity contribution < 1.29 is 0 Å². The Bertz CT molecular complexity index is 734. The van der Waals surface area contributed by atoms with Gasteiger partial charge in [0.1, 0.15) is 0 Å². The highest BCUT2D eigenvalue weighted by atomic mass is 28.1. The molecule has 4 aromatic carbocycles. The quantitative estimate of drug-likeness (QED) is 0.334. The molecule has 0 saturated carbocycles. The lowest BCUT2D eigenvalue weighted by Gasteiger charge is -2.04. The van der Waals surface area contributed by atoms with E-state index in [0.717, 1.165) is 0 Å². The first kappa shape index (κ1) is 11.9. The maximum atomic E-state index is 2.27.